The molecule has 2 N–H and O–H groups in total. The molecule has 5 heteroatoms. The van der Waals surface area contributed by atoms with Gasteiger partial charge in [-0.25, -0.2) is 4.79 Å². The van der Waals surface area contributed by atoms with Gasteiger partial charge in [-0.15, -0.1) is 0 Å². The molecule has 0 aromatic heterocycles. The third kappa shape index (κ3) is 5.13. The Bertz CT molecular complexity index is 514. The second-order valence-electron chi connectivity index (χ2n) is 6.79. The summed E-state index contributed by atoms with van der Waals surface area (Å²) in [4.78, 5) is 14.3. The SMILES string of the molecule is CC(NC(=O)N1CCCCC1CCO)Oc1ccc(C(C)C)cc1. The Morgan fingerprint density at radius 3 is 2.62 bits per heavy atom. The highest BCUT2D eigenvalue weighted by Gasteiger charge is 2.27. The number of piperidine rings is 1. The zero-order chi connectivity index (χ0) is 17.5. The molecule has 0 radical (unpaired) electrons. The van der Waals surface area contributed by atoms with Gasteiger partial charge in [-0.2, -0.15) is 0 Å². The van der Waals surface area contributed by atoms with Crippen LogP contribution in [0.2, 0.25) is 0 Å². The van der Waals surface area contributed by atoms with Crippen LogP contribution in [0.4, 0.5) is 4.79 Å². The van der Waals surface area contributed by atoms with Crippen molar-refractivity contribution in [1.29, 1.82) is 0 Å². The summed E-state index contributed by atoms with van der Waals surface area (Å²) in [5.74, 6) is 1.23. The number of aliphatic hydroxyl groups excluding tert-OH is 1. The molecule has 1 aromatic carbocycles. The van der Waals surface area contributed by atoms with Gasteiger partial charge in [0.1, 0.15) is 5.75 Å². The maximum Gasteiger partial charge on any atom is 0.320 e. The van der Waals surface area contributed by atoms with Crippen LogP contribution in [0.5, 0.6) is 5.75 Å². The lowest BCUT2D eigenvalue weighted by Crippen LogP contribution is -2.52. The van der Waals surface area contributed by atoms with Crippen LogP contribution in [0, 0.1) is 0 Å². The monoisotopic (exact) mass is 334 g/mol. The summed E-state index contributed by atoms with van der Waals surface area (Å²) in [6.45, 7) is 6.99. The lowest BCUT2D eigenvalue weighted by Gasteiger charge is -2.36. The van der Waals surface area contributed by atoms with Crippen molar-refractivity contribution in [1.82, 2.24) is 10.2 Å². The van der Waals surface area contributed by atoms with Gasteiger partial charge in [-0.3, -0.25) is 0 Å². The first-order valence-corrected chi connectivity index (χ1v) is 8.96. The zero-order valence-corrected chi connectivity index (χ0v) is 15.0. The van der Waals surface area contributed by atoms with Crippen molar-refractivity contribution >= 4 is 6.03 Å². The number of hydrogen-bond acceptors (Lipinski definition) is 3. The molecule has 1 aromatic rings. The van der Waals surface area contributed by atoms with E-state index in [4.69, 9.17) is 4.74 Å². The van der Waals surface area contributed by atoms with Gasteiger partial charge in [0.15, 0.2) is 6.23 Å². The number of likely N-dealkylation sites (tertiary alicyclic amines) is 1. The summed E-state index contributed by atoms with van der Waals surface area (Å²) >= 11 is 0. The van der Waals surface area contributed by atoms with E-state index >= 15 is 0 Å². The summed E-state index contributed by atoms with van der Waals surface area (Å²) in [7, 11) is 0. The molecule has 0 saturated carbocycles. The molecule has 5 nitrogen and oxygen atoms in total. The van der Waals surface area contributed by atoms with Crippen molar-refractivity contribution in [3.05, 3.63) is 29.8 Å². The smallest absolute Gasteiger partial charge is 0.320 e. The number of carbonyl (C=O) groups excluding carboxylic acids is 1. The number of amides is 2. The highest BCUT2D eigenvalue weighted by atomic mass is 16.5. The summed E-state index contributed by atoms with van der Waals surface area (Å²) in [6.07, 6.45) is 3.32. The first-order chi connectivity index (χ1) is 11.5. The minimum Gasteiger partial charge on any atom is -0.471 e. The Morgan fingerprint density at radius 2 is 2.00 bits per heavy atom. The molecule has 1 fully saturated rings. The predicted octanol–water partition coefficient (Wildman–Crippen LogP) is 3.48. The van der Waals surface area contributed by atoms with Gasteiger partial charge in [-0.1, -0.05) is 26.0 Å². The topological polar surface area (TPSA) is 61.8 Å². The molecular weight excluding hydrogens is 304 g/mol. The second-order valence-corrected chi connectivity index (χ2v) is 6.79. The number of rotatable bonds is 6. The van der Waals surface area contributed by atoms with Gasteiger partial charge < -0.3 is 20.1 Å². The fourth-order valence-corrected chi connectivity index (χ4v) is 3.14. The van der Waals surface area contributed by atoms with Crippen LogP contribution in [-0.2, 0) is 0 Å². The third-order valence-electron chi connectivity index (χ3n) is 4.54. The first-order valence-electron chi connectivity index (χ1n) is 8.96. The molecule has 1 heterocycles. The van der Waals surface area contributed by atoms with Crippen LogP contribution in [-0.4, -0.2) is 41.5 Å². The number of ether oxygens (including phenoxy) is 1. The van der Waals surface area contributed by atoms with E-state index in [1.54, 1.807) is 0 Å². The minimum atomic E-state index is -0.404. The standard InChI is InChI=1S/C19H30N2O3/c1-14(2)16-7-9-18(10-8-16)24-15(3)20-19(23)21-12-5-4-6-17(21)11-13-22/h7-10,14-15,17,22H,4-6,11-13H2,1-3H3,(H,20,23). The largest absolute Gasteiger partial charge is 0.471 e. The number of hydrogen-bond donors (Lipinski definition) is 2. The van der Waals surface area contributed by atoms with Crippen molar-refractivity contribution in [3.63, 3.8) is 0 Å². The molecule has 0 bridgehead atoms. The Balaban J connectivity index is 1.88. The van der Waals surface area contributed by atoms with E-state index in [1.165, 1.54) is 5.56 Å². The van der Waals surface area contributed by atoms with E-state index in [9.17, 15) is 9.90 Å². The highest BCUT2D eigenvalue weighted by Crippen LogP contribution is 2.21. The lowest BCUT2D eigenvalue weighted by atomic mass is 10.0. The first kappa shape index (κ1) is 18.6. The maximum absolute atomic E-state index is 12.5. The van der Waals surface area contributed by atoms with E-state index in [2.05, 4.69) is 31.3 Å². The molecular formula is C19H30N2O3. The van der Waals surface area contributed by atoms with Crippen molar-refractivity contribution in [2.45, 2.75) is 64.6 Å². The fraction of sp³-hybridized carbons (Fsp3) is 0.632. The summed E-state index contributed by atoms with van der Waals surface area (Å²) in [5.41, 5.74) is 1.26. The van der Waals surface area contributed by atoms with Gasteiger partial charge in [0.2, 0.25) is 0 Å². The molecule has 0 spiro atoms. The van der Waals surface area contributed by atoms with Gasteiger partial charge in [0, 0.05) is 19.2 Å². The van der Waals surface area contributed by atoms with E-state index in [-0.39, 0.29) is 18.7 Å². The molecule has 2 atom stereocenters. The van der Waals surface area contributed by atoms with Crippen molar-refractivity contribution < 1.29 is 14.6 Å². The quantitative estimate of drug-likeness (QED) is 0.783. The molecule has 1 aliphatic heterocycles. The van der Waals surface area contributed by atoms with Gasteiger partial charge in [0.25, 0.3) is 0 Å². The molecule has 0 aliphatic carbocycles. The van der Waals surface area contributed by atoms with E-state index in [0.29, 0.717) is 12.3 Å². The van der Waals surface area contributed by atoms with E-state index in [1.807, 2.05) is 24.0 Å². The number of aliphatic hydroxyl groups is 1. The zero-order valence-electron chi connectivity index (χ0n) is 15.0. The average Bonchev–Trinajstić information content (AvgIpc) is 2.56. The summed E-state index contributed by atoms with van der Waals surface area (Å²) in [6, 6.07) is 7.99. The van der Waals surface area contributed by atoms with Crippen LogP contribution in [0.25, 0.3) is 0 Å². The highest BCUT2D eigenvalue weighted by molar-refractivity contribution is 5.74. The van der Waals surface area contributed by atoms with Crippen LogP contribution in [0.1, 0.15) is 57.9 Å². The van der Waals surface area contributed by atoms with Crippen LogP contribution >= 0.6 is 0 Å². The Kier molecular flexibility index (Phi) is 6.91. The lowest BCUT2D eigenvalue weighted by molar-refractivity contribution is 0.113. The molecule has 1 saturated heterocycles. The second kappa shape index (κ2) is 8.92. The molecule has 24 heavy (non-hydrogen) atoms. The van der Waals surface area contributed by atoms with Crippen LogP contribution in [0.15, 0.2) is 24.3 Å². The number of nitrogens with one attached hydrogen (secondary N) is 1. The number of benzene rings is 1. The third-order valence-corrected chi connectivity index (χ3v) is 4.54. The van der Waals surface area contributed by atoms with Crippen molar-refractivity contribution in [3.8, 4) is 5.75 Å². The van der Waals surface area contributed by atoms with Gasteiger partial charge in [-0.05, 0) is 56.2 Å². The fourth-order valence-electron chi connectivity index (χ4n) is 3.14. The van der Waals surface area contributed by atoms with Gasteiger partial charge >= 0.3 is 6.03 Å². The van der Waals surface area contributed by atoms with E-state index in [0.717, 1.165) is 31.6 Å². The van der Waals surface area contributed by atoms with Crippen molar-refractivity contribution in [2.24, 2.45) is 0 Å². The van der Waals surface area contributed by atoms with Crippen molar-refractivity contribution in [2.75, 3.05) is 13.2 Å². The number of urea groups is 1. The van der Waals surface area contributed by atoms with Crippen LogP contribution < -0.4 is 10.1 Å². The average molecular weight is 334 g/mol. The Labute approximate surface area is 145 Å². The molecule has 2 amide bonds. The molecule has 1 aliphatic rings. The molecule has 134 valence electrons. The molecule has 2 rings (SSSR count). The summed E-state index contributed by atoms with van der Waals surface area (Å²) < 4.78 is 5.80. The normalized spacial score (nSPS) is 19.2. The predicted molar refractivity (Wildman–Crippen MR) is 95.2 cm³/mol. The minimum absolute atomic E-state index is 0.112. The van der Waals surface area contributed by atoms with E-state index < -0.39 is 6.23 Å². The van der Waals surface area contributed by atoms with Gasteiger partial charge in [0.05, 0.1) is 0 Å². The summed E-state index contributed by atoms with van der Waals surface area (Å²) in [5, 5.41) is 12.1. The number of nitrogens with zero attached hydrogens (tertiary/aromatic N) is 1. The number of carbonyl (C=O) groups is 1. The Hall–Kier alpha value is -1.75. The Morgan fingerprint density at radius 1 is 1.29 bits per heavy atom. The maximum atomic E-state index is 12.5. The van der Waals surface area contributed by atoms with Crippen LogP contribution in [0.3, 0.4) is 0 Å². The molecule has 2 unspecified atom stereocenters.